The molecule has 46 valence electrons. The van der Waals surface area contributed by atoms with Crippen LogP contribution < -0.4 is 0 Å². The number of hydrogen-bond donors (Lipinski definition) is 0. The highest BCUT2D eigenvalue weighted by atomic mass is 16.5. The Morgan fingerprint density at radius 1 is 1.88 bits per heavy atom. The maximum absolute atomic E-state index is 9.61. The Morgan fingerprint density at radius 3 is 2.88 bits per heavy atom. The van der Waals surface area contributed by atoms with Gasteiger partial charge in [0.15, 0.2) is 0 Å². The third-order valence-electron chi connectivity index (χ3n) is 0.744. The van der Waals surface area contributed by atoms with Gasteiger partial charge < -0.3 is 4.74 Å². The minimum atomic E-state index is 0.401. The van der Waals surface area contributed by atoms with Crippen LogP contribution in [0.15, 0.2) is 12.3 Å². The van der Waals surface area contributed by atoms with Gasteiger partial charge in [-0.2, -0.15) is 0 Å². The lowest BCUT2D eigenvalue weighted by Gasteiger charge is -1.96. The summed E-state index contributed by atoms with van der Waals surface area (Å²) in [4.78, 5) is 9.61. The van der Waals surface area contributed by atoms with Crippen LogP contribution in [0.4, 0.5) is 0 Å². The molecule has 0 bridgehead atoms. The average Bonchev–Trinajstić information content (AvgIpc) is 1.68. The molecule has 0 saturated carbocycles. The Kier molecular flexibility index (Phi) is 3.94. The van der Waals surface area contributed by atoms with E-state index in [0.717, 1.165) is 12.8 Å². The number of carbonyl (C=O) groups is 1. The summed E-state index contributed by atoms with van der Waals surface area (Å²) in [5.74, 6) is 0.544. The molecule has 0 aliphatic heterocycles. The lowest BCUT2D eigenvalue weighted by atomic mass is 10.3. The normalized spacial score (nSPS) is 8.12. The predicted octanol–water partition coefficient (Wildman–Crippen LogP) is 1.47. The first-order valence-electron chi connectivity index (χ1n) is 2.59. The van der Waals surface area contributed by atoms with Crippen LogP contribution in [0, 0.1) is 0 Å². The fourth-order valence-corrected chi connectivity index (χ4v) is 0.406. The Balaban J connectivity index is 3.18. The van der Waals surface area contributed by atoms with E-state index in [2.05, 4.69) is 11.3 Å². The van der Waals surface area contributed by atoms with Gasteiger partial charge in [-0.1, -0.05) is 13.5 Å². The first-order chi connectivity index (χ1) is 3.81. The highest BCUT2D eigenvalue weighted by Gasteiger charge is 1.87. The van der Waals surface area contributed by atoms with E-state index in [9.17, 15) is 4.79 Å². The highest BCUT2D eigenvalue weighted by molar-refractivity contribution is 5.39. The van der Waals surface area contributed by atoms with E-state index in [1.54, 1.807) is 0 Å². The quantitative estimate of drug-likeness (QED) is 0.408. The molecular formula is C6H10O2. The minimum absolute atomic E-state index is 0.401. The topological polar surface area (TPSA) is 26.3 Å². The lowest BCUT2D eigenvalue weighted by Crippen LogP contribution is -1.85. The summed E-state index contributed by atoms with van der Waals surface area (Å²) in [7, 11) is 0. The number of allylic oxidation sites excluding steroid dienone is 1. The molecular weight excluding hydrogens is 104 g/mol. The van der Waals surface area contributed by atoms with Crippen molar-refractivity contribution in [1.29, 1.82) is 0 Å². The summed E-state index contributed by atoms with van der Waals surface area (Å²) in [5.41, 5.74) is 0. The monoisotopic (exact) mass is 114 g/mol. The van der Waals surface area contributed by atoms with E-state index in [4.69, 9.17) is 0 Å². The molecule has 0 amide bonds. The van der Waals surface area contributed by atoms with Crippen LogP contribution in [0.25, 0.3) is 0 Å². The van der Waals surface area contributed by atoms with Crippen LogP contribution >= 0.6 is 0 Å². The summed E-state index contributed by atoms with van der Waals surface area (Å²) in [6.07, 6.45) is 1.73. The molecule has 0 saturated heterocycles. The second-order valence-corrected chi connectivity index (χ2v) is 1.50. The fourth-order valence-electron chi connectivity index (χ4n) is 0.406. The molecule has 0 aromatic rings. The third kappa shape index (κ3) is 3.40. The molecule has 0 aromatic carbocycles. The molecule has 0 aromatic heterocycles. The number of carbonyl (C=O) groups excluding carboxylic acids is 1. The van der Waals surface area contributed by atoms with Gasteiger partial charge in [0, 0.05) is 6.42 Å². The van der Waals surface area contributed by atoms with Crippen molar-refractivity contribution in [2.24, 2.45) is 0 Å². The highest BCUT2D eigenvalue weighted by Crippen LogP contribution is 1.99. The molecule has 2 heteroatoms. The van der Waals surface area contributed by atoms with E-state index < -0.39 is 0 Å². The van der Waals surface area contributed by atoms with Gasteiger partial charge in [0.2, 0.25) is 0 Å². The van der Waals surface area contributed by atoms with Crippen molar-refractivity contribution < 1.29 is 9.53 Å². The van der Waals surface area contributed by atoms with Gasteiger partial charge in [-0.3, -0.25) is 4.79 Å². The first kappa shape index (κ1) is 7.21. The van der Waals surface area contributed by atoms with Gasteiger partial charge in [0.05, 0.1) is 0 Å². The van der Waals surface area contributed by atoms with Crippen LogP contribution in [0.3, 0.4) is 0 Å². The molecule has 0 aliphatic rings. The summed E-state index contributed by atoms with van der Waals surface area (Å²) in [6.45, 7) is 5.88. The molecule has 0 heterocycles. The SMILES string of the molecule is C=C(CCC)OC=O. The van der Waals surface area contributed by atoms with E-state index >= 15 is 0 Å². The molecule has 2 nitrogen and oxygen atoms in total. The van der Waals surface area contributed by atoms with E-state index in [1.807, 2.05) is 6.92 Å². The van der Waals surface area contributed by atoms with Crippen LogP contribution in [-0.4, -0.2) is 6.47 Å². The average molecular weight is 114 g/mol. The van der Waals surface area contributed by atoms with Gasteiger partial charge in [0.25, 0.3) is 6.47 Å². The Hall–Kier alpha value is -0.790. The van der Waals surface area contributed by atoms with Gasteiger partial charge >= 0.3 is 0 Å². The number of ether oxygens (including phenoxy) is 1. The molecule has 0 rings (SSSR count). The summed E-state index contributed by atoms with van der Waals surface area (Å²) >= 11 is 0. The van der Waals surface area contributed by atoms with Gasteiger partial charge in [-0.05, 0) is 6.42 Å². The zero-order valence-corrected chi connectivity index (χ0v) is 5.02. The molecule has 8 heavy (non-hydrogen) atoms. The molecule has 0 fully saturated rings. The molecule has 0 atom stereocenters. The second-order valence-electron chi connectivity index (χ2n) is 1.50. The van der Waals surface area contributed by atoms with Crippen molar-refractivity contribution in [2.75, 3.05) is 0 Å². The Labute approximate surface area is 49.1 Å². The summed E-state index contributed by atoms with van der Waals surface area (Å²) in [6, 6.07) is 0. The molecule has 0 N–H and O–H groups in total. The lowest BCUT2D eigenvalue weighted by molar-refractivity contribution is -0.125. The molecule has 0 unspecified atom stereocenters. The standard InChI is InChI=1S/C6H10O2/c1-3-4-6(2)8-5-7/h5H,2-4H2,1H3. The van der Waals surface area contributed by atoms with Crippen molar-refractivity contribution in [3.8, 4) is 0 Å². The van der Waals surface area contributed by atoms with Crippen molar-refractivity contribution in [1.82, 2.24) is 0 Å². The summed E-state index contributed by atoms with van der Waals surface area (Å²) < 4.78 is 4.41. The Bertz CT molecular complexity index is 86.5. The maximum Gasteiger partial charge on any atom is 0.298 e. The fraction of sp³-hybridized carbons (Fsp3) is 0.500. The predicted molar refractivity (Wildman–Crippen MR) is 31.2 cm³/mol. The molecule has 0 aliphatic carbocycles. The van der Waals surface area contributed by atoms with Gasteiger partial charge in [-0.25, -0.2) is 0 Å². The van der Waals surface area contributed by atoms with Crippen LogP contribution in [-0.2, 0) is 9.53 Å². The first-order valence-corrected chi connectivity index (χ1v) is 2.59. The second kappa shape index (κ2) is 4.37. The largest absolute Gasteiger partial charge is 0.434 e. The van der Waals surface area contributed by atoms with E-state index in [0.29, 0.717) is 12.2 Å². The zero-order valence-electron chi connectivity index (χ0n) is 5.02. The van der Waals surface area contributed by atoms with Crippen LogP contribution in [0.1, 0.15) is 19.8 Å². The zero-order chi connectivity index (χ0) is 6.41. The van der Waals surface area contributed by atoms with Crippen molar-refractivity contribution in [3.63, 3.8) is 0 Å². The number of hydrogen-bond acceptors (Lipinski definition) is 2. The van der Waals surface area contributed by atoms with Crippen molar-refractivity contribution in [3.05, 3.63) is 12.3 Å². The van der Waals surface area contributed by atoms with Gasteiger partial charge in [-0.15, -0.1) is 0 Å². The Morgan fingerprint density at radius 2 is 2.50 bits per heavy atom. The van der Waals surface area contributed by atoms with E-state index in [1.165, 1.54) is 0 Å². The van der Waals surface area contributed by atoms with Crippen molar-refractivity contribution in [2.45, 2.75) is 19.8 Å². The van der Waals surface area contributed by atoms with E-state index in [-0.39, 0.29) is 0 Å². The molecule has 0 radical (unpaired) electrons. The van der Waals surface area contributed by atoms with Crippen LogP contribution in [0.2, 0.25) is 0 Å². The van der Waals surface area contributed by atoms with Crippen molar-refractivity contribution >= 4 is 6.47 Å². The minimum Gasteiger partial charge on any atom is -0.434 e. The smallest absolute Gasteiger partial charge is 0.298 e. The molecule has 0 spiro atoms. The van der Waals surface area contributed by atoms with Crippen LogP contribution in [0.5, 0.6) is 0 Å². The third-order valence-corrected chi connectivity index (χ3v) is 0.744. The number of rotatable bonds is 4. The summed E-state index contributed by atoms with van der Waals surface area (Å²) in [5, 5.41) is 0. The maximum atomic E-state index is 9.61. The van der Waals surface area contributed by atoms with Gasteiger partial charge in [0.1, 0.15) is 5.76 Å².